The minimum absolute atomic E-state index is 0.0845. The summed E-state index contributed by atoms with van der Waals surface area (Å²) in [5.74, 6) is -0.138. The summed E-state index contributed by atoms with van der Waals surface area (Å²) in [5, 5.41) is 17.5. The summed E-state index contributed by atoms with van der Waals surface area (Å²) in [6, 6.07) is 2.18. The Kier molecular flexibility index (Phi) is 3.27. The van der Waals surface area contributed by atoms with E-state index < -0.39 is 17.0 Å². The summed E-state index contributed by atoms with van der Waals surface area (Å²) in [6.07, 6.45) is 0. The first-order chi connectivity index (χ1) is 8.65. The number of aromatic amines is 2. The molecule has 0 saturated heterocycles. The number of carbonyl (C=O) groups excluding carboxylic acids is 1. The molecule has 3 N–H and O–H groups in total. The van der Waals surface area contributed by atoms with E-state index in [9.17, 15) is 14.4 Å². The fourth-order valence-electron chi connectivity index (χ4n) is 1.21. The Morgan fingerprint density at radius 2 is 2.22 bits per heavy atom. The van der Waals surface area contributed by atoms with Gasteiger partial charge in [-0.25, -0.2) is 4.68 Å². The van der Waals surface area contributed by atoms with E-state index in [1.165, 1.54) is 0 Å². The van der Waals surface area contributed by atoms with Gasteiger partial charge in [-0.2, -0.15) is 5.21 Å². The zero-order valence-electron chi connectivity index (χ0n) is 9.08. The molecular formula is C8H9N7O3. The summed E-state index contributed by atoms with van der Waals surface area (Å²) in [6.45, 7) is -0.200. The molecule has 0 bridgehead atoms. The lowest BCUT2D eigenvalue weighted by atomic mass is 10.5. The number of hydrogen-bond donors (Lipinski definition) is 3. The Labute approximate surface area is 99.0 Å². The van der Waals surface area contributed by atoms with Crippen LogP contribution in [-0.4, -0.2) is 36.3 Å². The number of aromatic nitrogens is 6. The van der Waals surface area contributed by atoms with Crippen LogP contribution in [0.2, 0.25) is 0 Å². The molecule has 0 unspecified atom stereocenters. The van der Waals surface area contributed by atoms with Gasteiger partial charge in [-0.05, 0) is 0 Å². The van der Waals surface area contributed by atoms with E-state index in [0.29, 0.717) is 5.82 Å². The van der Waals surface area contributed by atoms with Crippen molar-refractivity contribution in [2.45, 2.75) is 13.1 Å². The summed E-state index contributed by atoms with van der Waals surface area (Å²) in [5.41, 5.74) is -0.926. The second-order valence-corrected chi connectivity index (χ2v) is 3.34. The van der Waals surface area contributed by atoms with Crippen LogP contribution in [0.25, 0.3) is 0 Å². The van der Waals surface area contributed by atoms with Crippen molar-refractivity contribution >= 4 is 5.91 Å². The molecule has 2 aromatic rings. The van der Waals surface area contributed by atoms with Gasteiger partial charge in [0.1, 0.15) is 6.54 Å². The van der Waals surface area contributed by atoms with E-state index >= 15 is 0 Å². The van der Waals surface area contributed by atoms with Crippen LogP contribution in [0.15, 0.2) is 21.7 Å². The third-order valence-corrected chi connectivity index (χ3v) is 2.02. The van der Waals surface area contributed by atoms with Gasteiger partial charge in [0.25, 0.3) is 11.1 Å². The molecule has 0 aliphatic rings. The molecule has 0 aliphatic carbocycles. The van der Waals surface area contributed by atoms with E-state index in [1.807, 2.05) is 0 Å². The molecule has 18 heavy (non-hydrogen) atoms. The van der Waals surface area contributed by atoms with Crippen LogP contribution in [0.5, 0.6) is 0 Å². The van der Waals surface area contributed by atoms with Gasteiger partial charge in [-0.3, -0.25) is 19.5 Å². The van der Waals surface area contributed by atoms with Crippen LogP contribution in [-0.2, 0) is 17.9 Å². The van der Waals surface area contributed by atoms with Crippen LogP contribution >= 0.6 is 0 Å². The Balaban J connectivity index is 1.97. The molecule has 94 valence electrons. The van der Waals surface area contributed by atoms with Gasteiger partial charge < -0.3 is 5.32 Å². The largest absolute Gasteiger partial charge is 0.347 e. The normalized spacial score (nSPS) is 10.2. The number of H-pyrrole nitrogens is 2. The van der Waals surface area contributed by atoms with Crippen molar-refractivity contribution in [2.75, 3.05) is 0 Å². The lowest BCUT2D eigenvalue weighted by molar-refractivity contribution is -0.122. The lowest BCUT2D eigenvalue weighted by Crippen LogP contribution is -2.35. The average molecular weight is 251 g/mol. The van der Waals surface area contributed by atoms with Crippen LogP contribution in [0.1, 0.15) is 5.82 Å². The predicted octanol–water partition coefficient (Wildman–Crippen LogP) is -2.63. The van der Waals surface area contributed by atoms with E-state index in [4.69, 9.17) is 0 Å². The van der Waals surface area contributed by atoms with Crippen molar-refractivity contribution in [1.29, 1.82) is 0 Å². The molecule has 0 aromatic carbocycles. The molecular weight excluding hydrogens is 242 g/mol. The predicted molar refractivity (Wildman–Crippen MR) is 57.3 cm³/mol. The van der Waals surface area contributed by atoms with Crippen molar-refractivity contribution in [3.63, 3.8) is 0 Å². The topological polar surface area (TPSA) is 138 Å². The number of tetrazole rings is 1. The van der Waals surface area contributed by atoms with E-state index in [2.05, 4.69) is 31.0 Å². The SMILES string of the molecule is O=C(Cn1[nH]c(=O)ccc1=O)NCc1nn[nH]n1. The zero-order chi connectivity index (χ0) is 13.0. The number of hydrogen-bond acceptors (Lipinski definition) is 6. The molecule has 0 atom stereocenters. The fraction of sp³-hybridized carbons (Fsp3) is 0.250. The quantitative estimate of drug-likeness (QED) is 0.543. The molecule has 1 amide bonds. The lowest BCUT2D eigenvalue weighted by Gasteiger charge is -2.04. The van der Waals surface area contributed by atoms with Crippen LogP contribution < -0.4 is 16.4 Å². The molecule has 0 fully saturated rings. The van der Waals surface area contributed by atoms with Crippen molar-refractivity contribution in [3.8, 4) is 0 Å². The molecule has 2 heterocycles. The maximum absolute atomic E-state index is 11.5. The van der Waals surface area contributed by atoms with E-state index in [1.54, 1.807) is 0 Å². The van der Waals surface area contributed by atoms with Gasteiger partial charge in [-0.1, -0.05) is 5.21 Å². The van der Waals surface area contributed by atoms with Crippen LogP contribution in [0.4, 0.5) is 0 Å². The standard InChI is InChI=1S/C8H9N7O3/c16-6-1-2-8(18)15(12-6)4-7(17)9-3-5-10-13-14-11-5/h1-2H,3-4H2,(H,9,17)(H,12,16)(H,10,11,13,14). The minimum Gasteiger partial charge on any atom is -0.347 e. The second-order valence-electron chi connectivity index (χ2n) is 3.34. The third kappa shape index (κ3) is 2.87. The third-order valence-electron chi connectivity index (χ3n) is 2.02. The van der Waals surface area contributed by atoms with Crippen molar-refractivity contribution < 1.29 is 4.79 Å². The van der Waals surface area contributed by atoms with Gasteiger partial charge in [-0.15, -0.1) is 10.2 Å². The smallest absolute Gasteiger partial charge is 0.265 e. The highest BCUT2D eigenvalue weighted by molar-refractivity contribution is 5.75. The van der Waals surface area contributed by atoms with Crippen molar-refractivity contribution in [3.05, 3.63) is 38.7 Å². The van der Waals surface area contributed by atoms with Gasteiger partial charge >= 0.3 is 0 Å². The van der Waals surface area contributed by atoms with Gasteiger partial charge in [0, 0.05) is 12.1 Å². The fourth-order valence-corrected chi connectivity index (χ4v) is 1.21. The number of nitrogens with one attached hydrogen (secondary N) is 3. The molecule has 10 nitrogen and oxygen atoms in total. The summed E-state index contributed by atoms with van der Waals surface area (Å²) in [4.78, 5) is 33.8. The average Bonchev–Trinajstić information content (AvgIpc) is 2.84. The van der Waals surface area contributed by atoms with Crippen LogP contribution in [0, 0.1) is 0 Å². The minimum atomic E-state index is -0.468. The molecule has 0 saturated carbocycles. The van der Waals surface area contributed by atoms with Crippen molar-refractivity contribution in [1.82, 2.24) is 35.7 Å². The molecule has 0 spiro atoms. The number of amides is 1. The summed E-state index contributed by atoms with van der Waals surface area (Å²) >= 11 is 0. The second kappa shape index (κ2) is 5.03. The maximum atomic E-state index is 11.5. The van der Waals surface area contributed by atoms with Gasteiger partial charge in [0.15, 0.2) is 5.82 Å². The van der Waals surface area contributed by atoms with Gasteiger partial charge in [0.2, 0.25) is 5.91 Å². The first kappa shape index (κ1) is 11.7. The van der Waals surface area contributed by atoms with E-state index in [0.717, 1.165) is 16.8 Å². The number of rotatable bonds is 4. The summed E-state index contributed by atoms with van der Waals surface area (Å²) < 4.78 is 0.911. The molecule has 2 rings (SSSR count). The molecule has 10 heteroatoms. The summed E-state index contributed by atoms with van der Waals surface area (Å²) in [7, 11) is 0. The maximum Gasteiger partial charge on any atom is 0.265 e. The highest BCUT2D eigenvalue weighted by atomic mass is 16.2. The van der Waals surface area contributed by atoms with Crippen molar-refractivity contribution in [2.24, 2.45) is 0 Å². The zero-order valence-corrected chi connectivity index (χ0v) is 9.08. The number of nitrogens with zero attached hydrogens (tertiary/aromatic N) is 4. The highest BCUT2D eigenvalue weighted by Crippen LogP contribution is 1.82. The van der Waals surface area contributed by atoms with E-state index in [-0.39, 0.29) is 13.1 Å². The first-order valence-electron chi connectivity index (χ1n) is 4.94. The van der Waals surface area contributed by atoms with Crippen LogP contribution in [0.3, 0.4) is 0 Å². The Bertz CT molecular complexity index is 641. The Hall–Kier alpha value is -2.78. The Morgan fingerprint density at radius 3 is 2.94 bits per heavy atom. The molecule has 2 aromatic heterocycles. The molecule has 0 radical (unpaired) electrons. The van der Waals surface area contributed by atoms with Gasteiger partial charge in [0.05, 0.1) is 6.54 Å². The first-order valence-corrected chi connectivity index (χ1v) is 4.94. The highest BCUT2D eigenvalue weighted by Gasteiger charge is 2.06. The Morgan fingerprint density at radius 1 is 1.39 bits per heavy atom. The molecule has 0 aliphatic heterocycles. The monoisotopic (exact) mass is 251 g/mol. The number of carbonyl (C=O) groups is 1.